The molecule has 4 heteroatoms. The van der Waals surface area contributed by atoms with E-state index >= 15 is 0 Å². The van der Waals surface area contributed by atoms with Crippen molar-refractivity contribution in [1.82, 2.24) is 0 Å². The predicted octanol–water partition coefficient (Wildman–Crippen LogP) is 4.39. The average molecular weight is 306 g/mol. The first-order valence-electron chi connectivity index (χ1n) is 6.81. The quantitative estimate of drug-likeness (QED) is 0.810. The standard InChI is InChI=1S/C15H24ClNO.ClH/c1-4-7-11-8-12(10-13(17)5-2)15(18-6-3)14(16)9-11;/h8-9,13H,4-7,10,17H2,1-3H3;1H. The summed E-state index contributed by atoms with van der Waals surface area (Å²) < 4.78 is 5.66. The number of benzene rings is 1. The second-order valence-electron chi connectivity index (χ2n) is 4.62. The maximum Gasteiger partial charge on any atom is 0.141 e. The molecule has 0 radical (unpaired) electrons. The van der Waals surface area contributed by atoms with Gasteiger partial charge in [0.05, 0.1) is 11.6 Å². The molecule has 1 atom stereocenters. The first-order valence-corrected chi connectivity index (χ1v) is 7.19. The monoisotopic (exact) mass is 305 g/mol. The van der Waals surface area contributed by atoms with E-state index in [-0.39, 0.29) is 18.4 Å². The second-order valence-corrected chi connectivity index (χ2v) is 5.03. The number of rotatable bonds is 7. The summed E-state index contributed by atoms with van der Waals surface area (Å²) in [5.74, 6) is 0.808. The minimum absolute atomic E-state index is 0. The molecule has 0 amide bonds. The van der Waals surface area contributed by atoms with Crippen LogP contribution in [-0.2, 0) is 12.8 Å². The highest BCUT2D eigenvalue weighted by Crippen LogP contribution is 2.32. The van der Waals surface area contributed by atoms with Gasteiger partial charge in [-0.1, -0.05) is 37.9 Å². The summed E-state index contributed by atoms with van der Waals surface area (Å²) in [6, 6.07) is 4.37. The lowest BCUT2D eigenvalue weighted by molar-refractivity contribution is 0.335. The highest BCUT2D eigenvalue weighted by Gasteiger charge is 2.13. The zero-order valence-electron chi connectivity index (χ0n) is 12.0. The smallest absolute Gasteiger partial charge is 0.141 e. The Balaban J connectivity index is 0.00000324. The Labute approximate surface area is 128 Å². The number of aryl methyl sites for hydroxylation is 1. The number of halogens is 2. The SMILES string of the molecule is CCCc1cc(Cl)c(OCC)c(CC(N)CC)c1.Cl. The summed E-state index contributed by atoms with van der Waals surface area (Å²) in [7, 11) is 0. The minimum Gasteiger partial charge on any atom is -0.492 e. The Bertz CT molecular complexity index is 383. The maximum atomic E-state index is 6.31. The number of ether oxygens (including phenoxy) is 1. The Kier molecular flexibility index (Phi) is 9.24. The highest BCUT2D eigenvalue weighted by molar-refractivity contribution is 6.32. The van der Waals surface area contributed by atoms with Gasteiger partial charge in [0.15, 0.2) is 0 Å². The molecule has 0 fully saturated rings. The van der Waals surface area contributed by atoms with Gasteiger partial charge in [-0.3, -0.25) is 0 Å². The Hall–Kier alpha value is -0.440. The van der Waals surface area contributed by atoms with Crippen LogP contribution < -0.4 is 10.5 Å². The van der Waals surface area contributed by atoms with E-state index in [1.807, 2.05) is 13.0 Å². The van der Waals surface area contributed by atoms with Gasteiger partial charge in [0, 0.05) is 6.04 Å². The lowest BCUT2D eigenvalue weighted by atomic mass is 9.99. The molecule has 0 aliphatic carbocycles. The van der Waals surface area contributed by atoms with Gasteiger partial charge in [-0.2, -0.15) is 0 Å². The van der Waals surface area contributed by atoms with Gasteiger partial charge >= 0.3 is 0 Å². The maximum absolute atomic E-state index is 6.31. The third-order valence-electron chi connectivity index (χ3n) is 3.01. The van der Waals surface area contributed by atoms with Crippen molar-refractivity contribution in [3.8, 4) is 5.75 Å². The predicted molar refractivity (Wildman–Crippen MR) is 85.8 cm³/mol. The first kappa shape index (κ1) is 18.6. The van der Waals surface area contributed by atoms with Crippen LogP contribution in [0.2, 0.25) is 5.02 Å². The van der Waals surface area contributed by atoms with Crippen molar-refractivity contribution in [2.24, 2.45) is 5.73 Å². The molecule has 1 rings (SSSR count). The number of hydrogen-bond acceptors (Lipinski definition) is 2. The summed E-state index contributed by atoms with van der Waals surface area (Å²) in [5.41, 5.74) is 8.45. The van der Waals surface area contributed by atoms with Crippen LogP contribution in [0.4, 0.5) is 0 Å². The molecule has 110 valence electrons. The van der Waals surface area contributed by atoms with Crippen LogP contribution >= 0.6 is 24.0 Å². The molecule has 0 heterocycles. The van der Waals surface area contributed by atoms with E-state index in [1.54, 1.807) is 0 Å². The molecule has 0 bridgehead atoms. The van der Waals surface area contributed by atoms with Crippen LogP contribution in [0.15, 0.2) is 12.1 Å². The van der Waals surface area contributed by atoms with E-state index in [0.29, 0.717) is 11.6 Å². The molecule has 0 aliphatic heterocycles. The first-order chi connectivity index (χ1) is 8.62. The molecule has 0 saturated carbocycles. The van der Waals surface area contributed by atoms with Gasteiger partial charge in [0.1, 0.15) is 5.75 Å². The van der Waals surface area contributed by atoms with Crippen molar-refractivity contribution in [1.29, 1.82) is 0 Å². The Morgan fingerprint density at radius 1 is 1.26 bits per heavy atom. The average Bonchev–Trinajstić information content (AvgIpc) is 2.34. The Morgan fingerprint density at radius 3 is 2.47 bits per heavy atom. The van der Waals surface area contributed by atoms with Gasteiger partial charge in [0.25, 0.3) is 0 Å². The molecule has 0 saturated heterocycles. The fourth-order valence-corrected chi connectivity index (χ4v) is 2.35. The molecule has 0 aliphatic rings. The van der Waals surface area contributed by atoms with E-state index in [0.717, 1.165) is 37.0 Å². The molecule has 2 nitrogen and oxygen atoms in total. The third kappa shape index (κ3) is 5.60. The highest BCUT2D eigenvalue weighted by atomic mass is 35.5. The zero-order valence-corrected chi connectivity index (χ0v) is 13.6. The fraction of sp³-hybridized carbons (Fsp3) is 0.600. The normalized spacial score (nSPS) is 11.8. The molecule has 1 unspecified atom stereocenters. The Morgan fingerprint density at radius 2 is 1.95 bits per heavy atom. The fourth-order valence-electron chi connectivity index (χ4n) is 2.03. The van der Waals surface area contributed by atoms with E-state index in [1.165, 1.54) is 5.56 Å². The molecule has 0 aromatic heterocycles. The van der Waals surface area contributed by atoms with Crippen LogP contribution in [0.25, 0.3) is 0 Å². The van der Waals surface area contributed by atoms with Crippen molar-refractivity contribution in [2.45, 2.75) is 52.5 Å². The van der Waals surface area contributed by atoms with Crippen molar-refractivity contribution in [3.63, 3.8) is 0 Å². The summed E-state index contributed by atoms with van der Waals surface area (Å²) in [5, 5.41) is 0.709. The number of nitrogens with two attached hydrogens (primary N) is 1. The number of hydrogen-bond donors (Lipinski definition) is 1. The second kappa shape index (κ2) is 9.46. The van der Waals surface area contributed by atoms with Gasteiger partial charge in [-0.05, 0) is 43.4 Å². The topological polar surface area (TPSA) is 35.2 Å². The van der Waals surface area contributed by atoms with Crippen LogP contribution in [0.3, 0.4) is 0 Å². The van der Waals surface area contributed by atoms with Crippen molar-refractivity contribution in [2.75, 3.05) is 6.61 Å². The zero-order chi connectivity index (χ0) is 13.5. The minimum atomic E-state index is 0. The van der Waals surface area contributed by atoms with Gasteiger partial charge in [-0.25, -0.2) is 0 Å². The summed E-state index contributed by atoms with van der Waals surface area (Å²) >= 11 is 6.31. The molecule has 1 aromatic carbocycles. The van der Waals surface area contributed by atoms with Crippen molar-refractivity contribution >= 4 is 24.0 Å². The van der Waals surface area contributed by atoms with Gasteiger partial charge in [-0.15, -0.1) is 12.4 Å². The lowest BCUT2D eigenvalue weighted by Gasteiger charge is -2.16. The summed E-state index contributed by atoms with van der Waals surface area (Å²) in [6.45, 7) is 6.87. The molecule has 19 heavy (non-hydrogen) atoms. The van der Waals surface area contributed by atoms with E-state index in [4.69, 9.17) is 22.1 Å². The molecular formula is C15H25Cl2NO. The van der Waals surface area contributed by atoms with E-state index in [9.17, 15) is 0 Å². The van der Waals surface area contributed by atoms with Gasteiger partial charge < -0.3 is 10.5 Å². The largest absolute Gasteiger partial charge is 0.492 e. The summed E-state index contributed by atoms with van der Waals surface area (Å²) in [6.07, 6.45) is 3.94. The van der Waals surface area contributed by atoms with Crippen LogP contribution in [0.1, 0.15) is 44.7 Å². The molecule has 1 aromatic rings. The van der Waals surface area contributed by atoms with E-state index < -0.39 is 0 Å². The van der Waals surface area contributed by atoms with E-state index in [2.05, 4.69) is 19.9 Å². The summed E-state index contributed by atoms with van der Waals surface area (Å²) in [4.78, 5) is 0. The van der Waals surface area contributed by atoms with Crippen LogP contribution in [-0.4, -0.2) is 12.6 Å². The van der Waals surface area contributed by atoms with Crippen molar-refractivity contribution in [3.05, 3.63) is 28.3 Å². The molecule has 2 N–H and O–H groups in total. The third-order valence-corrected chi connectivity index (χ3v) is 3.29. The molecular weight excluding hydrogens is 281 g/mol. The lowest BCUT2D eigenvalue weighted by Crippen LogP contribution is -2.22. The van der Waals surface area contributed by atoms with Gasteiger partial charge in [0.2, 0.25) is 0 Å². The van der Waals surface area contributed by atoms with Crippen LogP contribution in [0.5, 0.6) is 5.75 Å². The van der Waals surface area contributed by atoms with Crippen LogP contribution in [0, 0.1) is 0 Å². The van der Waals surface area contributed by atoms with Crippen molar-refractivity contribution < 1.29 is 4.74 Å². The molecule has 0 spiro atoms.